The molecule has 0 saturated carbocycles. The lowest BCUT2D eigenvalue weighted by molar-refractivity contribution is 0.0950. The van der Waals surface area contributed by atoms with Crippen molar-refractivity contribution in [2.45, 2.75) is 11.3 Å². The summed E-state index contributed by atoms with van der Waals surface area (Å²) in [6, 6.07) is 6.16. The number of nitrogens with zero attached hydrogens (tertiary/aromatic N) is 1. The van der Waals surface area contributed by atoms with Crippen LogP contribution in [0, 0.1) is 0 Å². The van der Waals surface area contributed by atoms with Gasteiger partial charge in [0, 0.05) is 6.54 Å². The van der Waals surface area contributed by atoms with Gasteiger partial charge in [-0.3, -0.25) is 9.89 Å². The molecule has 2 rings (SSSR count). The fraction of sp³-hybridized carbons (Fsp3) is 0.167. The van der Waals surface area contributed by atoms with E-state index in [9.17, 15) is 13.2 Å². The highest BCUT2D eigenvalue weighted by Gasteiger charge is 2.11. The average molecular weight is 309 g/mol. The van der Waals surface area contributed by atoms with Crippen molar-refractivity contribution >= 4 is 21.6 Å². The fourth-order valence-corrected chi connectivity index (χ4v) is 2.25. The van der Waals surface area contributed by atoms with Gasteiger partial charge in [-0.25, -0.2) is 13.6 Å². The molecule has 8 nitrogen and oxygen atoms in total. The largest absolute Gasteiger partial charge is 0.396 e. The maximum absolute atomic E-state index is 11.7. The van der Waals surface area contributed by atoms with Gasteiger partial charge in [-0.1, -0.05) is 12.1 Å². The molecule has 1 aromatic carbocycles. The third-order valence-corrected chi connectivity index (χ3v) is 3.78. The zero-order valence-corrected chi connectivity index (χ0v) is 11.9. The van der Waals surface area contributed by atoms with E-state index in [0.717, 1.165) is 5.56 Å². The molecule has 1 heterocycles. The van der Waals surface area contributed by atoms with Crippen LogP contribution in [0.1, 0.15) is 16.1 Å². The predicted octanol–water partition coefficient (Wildman–Crippen LogP) is -0.388. The first-order valence-electron chi connectivity index (χ1n) is 6.06. The second-order valence-corrected chi connectivity index (χ2v) is 5.96. The van der Waals surface area contributed by atoms with Crippen LogP contribution >= 0.6 is 0 Å². The summed E-state index contributed by atoms with van der Waals surface area (Å²) in [5, 5.41) is 13.9. The average Bonchev–Trinajstić information content (AvgIpc) is 2.84. The van der Waals surface area contributed by atoms with Crippen molar-refractivity contribution in [1.29, 1.82) is 0 Å². The van der Waals surface area contributed by atoms with Crippen LogP contribution in [-0.2, 0) is 16.4 Å². The molecule has 0 bridgehead atoms. The number of nitrogens with two attached hydrogens (primary N) is 2. The maximum Gasteiger partial charge on any atom is 0.271 e. The van der Waals surface area contributed by atoms with Crippen molar-refractivity contribution < 1.29 is 13.2 Å². The number of sulfonamides is 1. The van der Waals surface area contributed by atoms with Gasteiger partial charge in [-0.05, 0) is 24.1 Å². The first kappa shape index (κ1) is 15.0. The third kappa shape index (κ3) is 3.80. The molecule has 0 fully saturated rings. The molecule has 0 atom stereocenters. The highest BCUT2D eigenvalue weighted by Crippen LogP contribution is 2.09. The lowest BCUT2D eigenvalue weighted by Crippen LogP contribution is -2.26. The van der Waals surface area contributed by atoms with Gasteiger partial charge in [0.1, 0.15) is 5.69 Å². The van der Waals surface area contributed by atoms with Gasteiger partial charge in [-0.15, -0.1) is 0 Å². The van der Waals surface area contributed by atoms with Crippen LogP contribution < -0.4 is 16.2 Å². The van der Waals surface area contributed by atoms with E-state index in [2.05, 4.69) is 15.5 Å². The molecular formula is C12H15N5O3S. The molecule has 0 aliphatic rings. The predicted molar refractivity (Wildman–Crippen MR) is 76.9 cm³/mol. The van der Waals surface area contributed by atoms with Crippen molar-refractivity contribution in [3.63, 3.8) is 0 Å². The highest BCUT2D eigenvalue weighted by atomic mass is 32.2. The summed E-state index contributed by atoms with van der Waals surface area (Å²) in [6.07, 6.45) is 1.91. The molecule has 21 heavy (non-hydrogen) atoms. The van der Waals surface area contributed by atoms with Crippen LogP contribution in [0.3, 0.4) is 0 Å². The Morgan fingerprint density at radius 2 is 1.95 bits per heavy atom. The first-order valence-corrected chi connectivity index (χ1v) is 7.61. The minimum atomic E-state index is -3.68. The topological polar surface area (TPSA) is 144 Å². The second-order valence-electron chi connectivity index (χ2n) is 4.40. The van der Waals surface area contributed by atoms with Gasteiger partial charge in [0.05, 0.1) is 16.8 Å². The number of primary sulfonamides is 1. The third-order valence-electron chi connectivity index (χ3n) is 2.85. The molecular weight excluding hydrogens is 294 g/mol. The van der Waals surface area contributed by atoms with E-state index >= 15 is 0 Å². The number of hydrogen-bond acceptors (Lipinski definition) is 5. The summed E-state index contributed by atoms with van der Waals surface area (Å²) in [6.45, 7) is 0.381. The van der Waals surface area contributed by atoms with Gasteiger partial charge in [0.25, 0.3) is 5.91 Å². The Morgan fingerprint density at radius 3 is 2.48 bits per heavy atom. The van der Waals surface area contributed by atoms with Gasteiger partial charge >= 0.3 is 0 Å². The van der Waals surface area contributed by atoms with Crippen molar-refractivity contribution in [3.05, 3.63) is 41.7 Å². The van der Waals surface area contributed by atoms with Gasteiger partial charge in [0.2, 0.25) is 10.0 Å². The van der Waals surface area contributed by atoms with Crippen molar-refractivity contribution in [2.75, 3.05) is 12.3 Å². The number of anilines is 1. The lowest BCUT2D eigenvalue weighted by Gasteiger charge is -2.05. The normalized spacial score (nSPS) is 11.3. The summed E-state index contributed by atoms with van der Waals surface area (Å²) in [5.41, 5.74) is 6.94. The Bertz CT molecular complexity index is 737. The van der Waals surface area contributed by atoms with E-state index in [1.165, 1.54) is 18.3 Å². The number of nitrogen functional groups attached to an aromatic ring is 1. The number of aromatic amines is 1. The molecule has 9 heteroatoms. The Kier molecular flexibility index (Phi) is 4.24. The summed E-state index contributed by atoms with van der Waals surface area (Å²) >= 11 is 0. The molecule has 6 N–H and O–H groups in total. The second kappa shape index (κ2) is 5.94. The zero-order valence-electron chi connectivity index (χ0n) is 11.0. The SMILES string of the molecule is Nc1cn[nH]c1C(=O)NCCc1ccc(S(N)(=O)=O)cc1. The van der Waals surface area contributed by atoms with E-state index in [-0.39, 0.29) is 22.2 Å². The molecule has 0 aliphatic carbocycles. The van der Waals surface area contributed by atoms with E-state index in [1.807, 2.05) is 0 Å². The van der Waals surface area contributed by atoms with Gasteiger partial charge in [-0.2, -0.15) is 5.10 Å². The Hall–Kier alpha value is -2.39. The van der Waals surface area contributed by atoms with Crippen LogP contribution in [0.5, 0.6) is 0 Å². The Morgan fingerprint density at radius 1 is 1.29 bits per heavy atom. The molecule has 112 valence electrons. The Labute approximate surface area is 121 Å². The van der Waals surface area contributed by atoms with Crippen LogP contribution in [0.15, 0.2) is 35.4 Å². The lowest BCUT2D eigenvalue weighted by atomic mass is 10.1. The number of carbonyl (C=O) groups excluding carboxylic acids is 1. The van der Waals surface area contributed by atoms with Gasteiger partial charge in [0.15, 0.2) is 0 Å². The molecule has 1 amide bonds. The van der Waals surface area contributed by atoms with Crippen molar-refractivity contribution in [1.82, 2.24) is 15.5 Å². The molecule has 2 aromatic rings. The fourth-order valence-electron chi connectivity index (χ4n) is 1.73. The van der Waals surface area contributed by atoms with E-state index in [4.69, 9.17) is 10.9 Å². The summed E-state index contributed by atoms with van der Waals surface area (Å²) in [7, 11) is -3.68. The number of hydrogen-bond donors (Lipinski definition) is 4. The monoisotopic (exact) mass is 309 g/mol. The molecule has 0 saturated heterocycles. The number of rotatable bonds is 5. The van der Waals surface area contributed by atoms with Crippen molar-refractivity contribution in [3.8, 4) is 0 Å². The smallest absolute Gasteiger partial charge is 0.271 e. The number of amides is 1. The number of H-pyrrole nitrogens is 1. The minimum absolute atomic E-state index is 0.0560. The number of nitrogens with one attached hydrogen (secondary N) is 2. The molecule has 0 radical (unpaired) electrons. The van der Waals surface area contributed by atoms with Crippen LogP contribution in [0.25, 0.3) is 0 Å². The highest BCUT2D eigenvalue weighted by molar-refractivity contribution is 7.89. The summed E-state index contributed by atoms with van der Waals surface area (Å²) in [4.78, 5) is 11.8. The van der Waals surface area contributed by atoms with E-state index < -0.39 is 10.0 Å². The van der Waals surface area contributed by atoms with Crippen LogP contribution in [0.4, 0.5) is 5.69 Å². The molecule has 0 aliphatic heterocycles. The number of carbonyl (C=O) groups is 1. The molecule has 0 spiro atoms. The molecule has 0 unspecified atom stereocenters. The van der Waals surface area contributed by atoms with Gasteiger partial charge < -0.3 is 11.1 Å². The number of aromatic nitrogens is 2. The van der Waals surface area contributed by atoms with E-state index in [1.54, 1.807) is 12.1 Å². The molecule has 1 aromatic heterocycles. The maximum atomic E-state index is 11.7. The van der Waals surface area contributed by atoms with Crippen LogP contribution in [0.2, 0.25) is 0 Å². The zero-order chi connectivity index (χ0) is 15.5. The van der Waals surface area contributed by atoms with E-state index in [0.29, 0.717) is 13.0 Å². The number of benzene rings is 1. The standard InChI is InChI=1S/C12H15N5O3S/c13-10-7-16-17-11(10)12(18)15-6-5-8-1-3-9(4-2-8)21(14,19)20/h1-4,7H,5-6,13H2,(H,15,18)(H,16,17)(H2,14,19,20). The quantitative estimate of drug-likeness (QED) is 0.594. The summed E-state index contributed by atoms with van der Waals surface area (Å²) in [5.74, 6) is -0.342. The minimum Gasteiger partial charge on any atom is -0.396 e. The summed E-state index contributed by atoms with van der Waals surface area (Å²) < 4.78 is 22.2. The van der Waals surface area contributed by atoms with Crippen molar-refractivity contribution in [2.24, 2.45) is 5.14 Å². The van der Waals surface area contributed by atoms with Crippen LogP contribution in [-0.4, -0.2) is 31.1 Å². The first-order chi connectivity index (χ1) is 9.88. The Balaban J connectivity index is 1.89.